The Balaban J connectivity index is 1.69. The van der Waals surface area contributed by atoms with Crippen LogP contribution in [0.2, 0.25) is 0 Å². The number of hydrogen-bond donors (Lipinski definition) is 0. The highest BCUT2D eigenvalue weighted by Gasteiger charge is 2.34. The van der Waals surface area contributed by atoms with Crippen molar-refractivity contribution in [1.82, 2.24) is 14.3 Å². The molecule has 3 heterocycles. The van der Waals surface area contributed by atoms with Crippen molar-refractivity contribution in [3.05, 3.63) is 16.9 Å². The lowest BCUT2D eigenvalue weighted by atomic mass is 10.4. The molecule has 2 aromatic rings. The van der Waals surface area contributed by atoms with Gasteiger partial charge in [0.2, 0.25) is 5.13 Å². The molecule has 5 nitrogen and oxygen atoms in total. The molecule has 1 saturated heterocycles. The first-order chi connectivity index (χ1) is 10.4. The first-order valence-electron chi connectivity index (χ1n) is 6.77. The number of hydrogen-bond acceptors (Lipinski definition) is 7. The van der Waals surface area contributed by atoms with Crippen molar-refractivity contribution in [2.75, 3.05) is 36.0 Å². The van der Waals surface area contributed by atoms with Gasteiger partial charge in [-0.3, -0.25) is 0 Å². The van der Waals surface area contributed by atoms with Gasteiger partial charge in [-0.05, 0) is 13.3 Å². The van der Waals surface area contributed by atoms with Crippen LogP contribution in [0.3, 0.4) is 0 Å². The minimum absolute atomic E-state index is 0.433. The zero-order chi connectivity index (χ0) is 15.7. The predicted octanol–water partition coefficient (Wildman–Crippen LogP) is 3.04. The van der Waals surface area contributed by atoms with E-state index in [1.807, 2.05) is 11.8 Å². The molecule has 2 aromatic heterocycles. The highest BCUT2D eigenvalue weighted by molar-refractivity contribution is 7.15. The second kappa shape index (κ2) is 5.99. The van der Waals surface area contributed by atoms with E-state index in [9.17, 15) is 13.2 Å². The average Bonchev–Trinajstić information content (AvgIpc) is 3.03. The fourth-order valence-corrected chi connectivity index (χ4v) is 3.82. The molecule has 1 fully saturated rings. The summed E-state index contributed by atoms with van der Waals surface area (Å²) in [7, 11) is 0. The Morgan fingerprint density at radius 1 is 1.09 bits per heavy atom. The molecule has 1 aliphatic rings. The largest absolute Gasteiger partial charge is 0.427 e. The van der Waals surface area contributed by atoms with Gasteiger partial charge in [0.05, 0.1) is 6.20 Å². The lowest BCUT2D eigenvalue weighted by Gasteiger charge is -2.20. The Labute approximate surface area is 133 Å². The molecule has 0 unspecified atom stereocenters. The highest BCUT2D eigenvalue weighted by Crippen LogP contribution is 2.36. The highest BCUT2D eigenvalue weighted by atomic mass is 32.1. The van der Waals surface area contributed by atoms with E-state index in [0.29, 0.717) is 36.1 Å². The quantitative estimate of drug-likeness (QED) is 0.834. The molecule has 120 valence electrons. The fraction of sp³-hybridized carbons (Fsp3) is 0.583. The molecule has 0 aromatic carbocycles. The minimum atomic E-state index is -4.32. The third-order valence-corrected chi connectivity index (χ3v) is 5.30. The predicted molar refractivity (Wildman–Crippen MR) is 80.8 cm³/mol. The van der Waals surface area contributed by atoms with Crippen molar-refractivity contribution in [2.45, 2.75) is 19.5 Å². The molecule has 0 atom stereocenters. The number of thiazole rings is 1. The topological polar surface area (TPSA) is 45.2 Å². The summed E-state index contributed by atoms with van der Waals surface area (Å²) in [5, 5.41) is 1.30. The van der Waals surface area contributed by atoms with E-state index in [2.05, 4.69) is 19.2 Å². The Kier molecular flexibility index (Phi) is 4.22. The van der Waals surface area contributed by atoms with E-state index in [1.54, 1.807) is 0 Å². The number of rotatable bonds is 2. The van der Waals surface area contributed by atoms with Crippen molar-refractivity contribution < 1.29 is 13.2 Å². The summed E-state index contributed by atoms with van der Waals surface area (Å²) in [6.07, 6.45) is -2.56. The van der Waals surface area contributed by atoms with Crippen molar-refractivity contribution in [2.24, 2.45) is 0 Å². The summed E-state index contributed by atoms with van der Waals surface area (Å²) in [5.74, 6) is 0.746. The first-order valence-corrected chi connectivity index (χ1v) is 8.36. The molecule has 22 heavy (non-hydrogen) atoms. The fourth-order valence-electron chi connectivity index (χ4n) is 2.26. The summed E-state index contributed by atoms with van der Waals surface area (Å²) < 4.78 is 42.2. The van der Waals surface area contributed by atoms with Gasteiger partial charge in [0.1, 0.15) is 10.7 Å². The molecular formula is C12H14F3N5S2. The molecule has 10 heteroatoms. The summed E-state index contributed by atoms with van der Waals surface area (Å²) >= 11 is 2.06. The molecule has 1 aliphatic heterocycles. The van der Waals surface area contributed by atoms with Crippen LogP contribution >= 0.6 is 22.9 Å². The minimum Gasteiger partial charge on any atom is -0.346 e. The third-order valence-electron chi connectivity index (χ3n) is 3.33. The van der Waals surface area contributed by atoms with Gasteiger partial charge in [0.25, 0.3) is 0 Å². The standard InChI is InChI=1S/C12H14F3N5S2/c1-8-17-11(22-18-8)20-4-2-3-19(5-6-20)10-16-7-9(21-10)12(13,14)15/h7H,2-6H2,1H3. The Hall–Kier alpha value is -1.42. The first kappa shape index (κ1) is 15.5. The molecule has 0 radical (unpaired) electrons. The van der Waals surface area contributed by atoms with Gasteiger partial charge in [-0.1, -0.05) is 11.3 Å². The van der Waals surface area contributed by atoms with Gasteiger partial charge in [-0.2, -0.15) is 17.5 Å². The van der Waals surface area contributed by atoms with Crippen molar-refractivity contribution in [3.8, 4) is 0 Å². The van der Waals surface area contributed by atoms with Crippen molar-refractivity contribution in [3.63, 3.8) is 0 Å². The third kappa shape index (κ3) is 3.32. The molecule has 0 amide bonds. The molecule has 0 aliphatic carbocycles. The van der Waals surface area contributed by atoms with Crippen molar-refractivity contribution in [1.29, 1.82) is 0 Å². The van der Waals surface area contributed by atoms with E-state index in [1.165, 1.54) is 11.5 Å². The summed E-state index contributed by atoms with van der Waals surface area (Å²) in [4.78, 5) is 11.7. The second-order valence-corrected chi connectivity index (χ2v) is 6.70. The summed E-state index contributed by atoms with van der Waals surface area (Å²) in [5.41, 5.74) is 0. The molecule has 0 bridgehead atoms. The monoisotopic (exact) mass is 349 g/mol. The number of aromatic nitrogens is 3. The van der Waals surface area contributed by atoms with Crippen LogP contribution in [0.15, 0.2) is 6.20 Å². The van der Waals surface area contributed by atoms with Gasteiger partial charge < -0.3 is 9.80 Å². The molecule has 0 spiro atoms. The SMILES string of the molecule is Cc1nsc(N2CCCN(c3ncc(C(F)(F)F)s3)CC2)n1. The maximum Gasteiger partial charge on any atom is 0.427 e. The van der Waals surface area contributed by atoms with Crippen LogP contribution in [0.5, 0.6) is 0 Å². The molecule has 0 N–H and O–H groups in total. The number of nitrogens with zero attached hydrogens (tertiary/aromatic N) is 5. The number of halogens is 3. The van der Waals surface area contributed by atoms with Gasteiger partial charge in [-0.15, -0.1) is 0 Å². The van der Waals surface area contributed by atoms with Crippen LogP contribution in [0.25, 0.3) is 0 Å². The zero-order valence-electron chi connectivity index (χ0n) is 11.8. The maximum absolute atomic E-state index is 12.7. The van der Waals surface area contributed by atoms with Crippen LogP contribution in [-0.2, 0) is 6.18 Å². The summed E-state index contributed by atoms with van der Waals surface area (Å²) in [6.45, 7) is 4.69. The second-order valence-electron chi connectivity index (χ2n) is 4.96. The smallest absolute Gasteiger partial charge is 0.346 e. The Morgan fingerprint density at radius 2 is 1.77 bits per heavy atom. The van der Waals surface area contributed by atoms with Crippen LogP contribution in [0.1, 0.15) is 17.1 Å². The maximum atomic E-state index is 12.7. The molecule has 0 saturated carbocycles. The number of anilines is 2. The zero-order valence-corrected chi connectivity index (χ0v) is 13.4. The number of aryl methyl sites for hydroxylation is 1. The molecular weight excluding hydrogens is 335 g/mol. The molecule has 3 rings (SSSR count). The summed E-state index contributed by atoms with van der Waals surface area (Å²) in [6, 6.07) is 0. The number of alkyl halides is 3. The lowest BCUT2D eigenvalue weighted by Crippen LogP contribution is -2.30. The Bertz CT molecular complexity index is 639. The van der Waals surface area contributed by atoms with Crippen LogP contribution in [-0.4, -0.2) is 40.5 Å². The van der Waals surface area contributed by atoms with E-state index in [-0.39, 0.29) is 0 Å². The van der Waals surface area contributed by atoms with E-state index >= 15 is 0 Å². The van der Waals surface area contributed by atoms with E-state index < -0.39 is 11.1 Å². The van der Waals surface area contributed by atoms with E-state index in [4.69, 9.17) is 0 Å². The normalized spacial score (nSPS) is 16.9. The van der Waals surface area contributed by atoms with Gasteiger partial charge in [0, 0.05) is 37.7 Å². The van der Waals surface area contributed by atoms with E-state index in [0.717, 1.165) is 30.1 Å². The van der Waals surface area contributed by atoms with Gasteiger partial charge in [0.15, 0.2) is 5.13 Å². The average molecular weight is 349 g/mol. The van der Waals surface area contributed by atoms with Gasteiger partial charge >= 0.3 is 6.18 Å². The van der Waals surface area contributed by atoms with Crippen LogP contribution in [0, 0.1) is 6.92 Å². The van der Waals surface area contributed by atoms with Crippen LogP contribution < -0.4 is 9.80 Å². The van der Waals surface area contributed by atoms with Crippen molar-refractivity contribution >= 4 is 33.1 Å². The van der Waals surface area contributed by atoms with Gasteiger partial charge in [-0.25, -0.2) is 9.97 Å². The van der Waals surface area contributed by atoms with Crippen LogP contribution in [0.4, 0.5) is 23.4 Å². The lowest BCUT2D eigenvalue weighted by molar-refractivity contribution is -0.134. The Morgan fingerprint density at radius 3 is 2.32 bits per heavy atom.